The fourth-order valence-electron chi connectivity index (χ4n) is 2.92. The lowest BCUT2D eigenvalue weighted by Gasteiger charge is -2.42. The highest BCUT2D eigenvalue weighted by Gasteiger charge is 2.41. The van der Waals surface area contributed by atoms with Crippen molar-refractivity contribution in [3.8, 4) is 0 Å². The zero-order valence-corrected chi connectivity index (χ0v) is 11.6. The fraction of sp³-hybridized carbons (Fsp3) is 0.923. The van der Waals surface area contributed by atoms with Gasteiger partial charge in [-0.25, -0.2) is 0 Å². The van der Waals surface area contributed by atoms with E-state index in [1.807, 2.05) is 7.05 Å². The smallest absolute Gasteiger partial charge is 0.237 e. The third kappa shape index (κ3) is 3.42. The molecule has 1 saturated carbocycles. The Labute approximate surface area is 105 Å². The molecule has 100 valence electrons. The first-order chi connectivity index (χ1) is 7.91. The van der Waals surface area contributed by atoms with E-state index in [1.165, 1.54) is 6.42 Å². The molecule has 0 aromatic heterocycles. The maximum Gasteiger partial charge on any atom is 0.237 e. The van der Waals surface area contributed by atoms with Crippen molar-refractivity contribution in [2.24, 2.45) is 11.7 Å². The van der Waals surface area contributed by atoms with Gasteiger partial charge in [0.05, 0.1) is 5.54 Å². The summed E-state index contributed by atoms with van der Waals surface area (Å²) in [7, 11) is 3.99. The number of hydrogen-bond acceptors (Lipinski definition) is 3. The molecule has 0 aromatic carbocycles. The summed E-state index contributed by atoms with van der Waals surface area (Å²) in [6, 6.07) is 0.464. The summed E-state index contributed by atoms with van der Waals surface area (Å²) in [5.74, 6) is 0.446. The van der Waals surface area contributed by atoms with Crippen molar-refractivity contribution in [1.82, 2.24) is 10.2 Å². The molecule has 1 amide bonds. The maximum atomic E-state index is 11.6. The van der Waals surface area contributed by atoms with Crippen LogP contribution in [0, 0.1) is 5.92 Å². The first-order valence-corrected chi connectivity index (χ1v) is 6.60. The van der Waals surface area contributed by atoms with E-state index in [9.17, 15) is 4.79 Å². The van der Waals surface area contributed by atoms with Gasteiger partial charge < -0.3 is 16.0 Å². The largest absolute Gasteiger partial charge is 0.368 e. The first kappa shape index (κ1) is 14.5. The third-order valence-corrected chi connectivity index (χ3v) is 3.95. The summed E-state index contributed by atoms with van der Waals surface area (Å²) in [4.78, 5) is 14.0. The molecular formula is C13H27N3O. The van der Waals surface area contributed by atoms with Crippen LogP contribution in [0.1, 0.15) is 39.5 Å². The Morgan fingerprint density at radius 1 is 1.59 bits per heavy atom. The van der Waals surface area contributed by atoms with Crippen molar-refractivity contribution >= 4 is 5.91 Å². The Hall–Kier alpha value is -0.610. The molecule has 2 unspecified atom stereocenters. The molecule has 0 heterocycles. The number of carbonyl (C=O) groups is 1. The lowest BCUT2D eigenvalue weighted by atomic mass is 9.78. The van der Waals surface area contributed by atoms with E-state index in [0.717, 1.165) is 25.8 Å². The summed E-state index contributed by atoms with van der Waals surface area (Å²) >= 11 is 0. The molecule has 0 spiro atoms. The molecule has 17 heavy (non-hydrogen) atoms. The Balaban J connectivity index is 2.68. The highest BCUT2D eigenvalue weighted by atomic mass is 16.1. The number of primary amides is 1. The summed E-state index contributed by atoms with van der Waals surface area (Å²) in [5.41, 5.74) is 5.06. The number of carbonyl (C=O) groups excluding carboxylic acids is 1. The van der Waals surface area contributed by atoms with Crippen LogP contribution in [-0.4, -0.2) is 43.0 Å². The SMILES string of the molecule is CNC1(C(N)=O)CCCC(N(C)CC(C)C)C1. The molecular weight excluding hydrogens is 214 g/mol. The molecule has 0 radical (unpaired) electrons. The van der Waals surface area contributed by atoms with E-state index in [0.29, 0.717) is 12.0 Å². The average Bonchev–Trinajstić information content (AvgIpc) is 2.28. The number of likely N-dealkylation sites (N-methyl/N-ethyl adjacent to an activating group) is 1. The van der Waals surface area contributed by atoms with Gasteiger partial charge in [-0.05, 0) is 45.7 Å². The molecule has 0 bridgehead atoms. The van der Waals surface area contributed by atoms with Gasteiger partial charge in [0.1, 0.15) is 0 Å². The van der Waals surface area contributed by atoms with Crippen LogP contribution < -0.4 is 11.1 Å². The monoisotopic (exact) mass is 241 g/mol. The number of amides is 1. The van der Waals surface area contributed by atoms with Gasteiger partial charge in [0, 0.05) is 12.6 Å². The molecule has 0 aromatic rings. The van der Waals surface area contributed by atoms with E-state index >= 15 is 0 Å². The predicted octanol–water partition coefficient (Wildman–Crippen LogP) is 0.960. The van der Waals surface area contributed by atoms with Crippen molar-refractivity contribution < 1.29 is 4.79 Å². The maximum absolute atomic E-state index is 11.6. The van der Waals surface area contributed by atoms with Crippen molar-refractivity contribution in [2.45, 2.75) is 51.1 Å². The van der Waals surface area contributed by atoms with E-state index in [4.69, 9.17) is 5.73 Å². The van der Waals surface area contributed by atoms with Crippen LogP contribution >= 0.6 is 0 Å². The van der Waals surface area contributed by atoms with E-state index in [1.54, 1.807) is 0 Å². The van der Waals surface area contributed by atoms with E-state index < -0.39 is 5.54 Å². The number of hydrogen-bond donors (Lipinski definition) is 2. The minimum atomic E-state index is -0.492. The van der Waals surface area contributed by atoms with Gasteiger partial charge in [-0.15, -0.1) is 0 Å². The van der Waals surface area contributed by atoms with Crippen LogP contribution in [0.2, 0.25) is 0 Å². The minimum absolute atomic E-state index is 0.206. The Morgan fingerprint density at radius 2 is 2.24 bits per heavy atom. The number of nitrogens with two attached hydrogens (primary N) is 1. The molecule has 4 nitrogen and oxygen atoms in total. The average molecular weight is 241 g/mol. The standard InChI is InChI=1S/C13H27N3O/c1-10(2)9-16(4)11-6-5-7-13(8-11,15-3)12(14)17/h10-11,15H,5-9H2,1-4H3,(H2,14,17). The molecule has 1 fully saturated rings. The van der Waals surface area contributed by atoms with Crippen molar-refractivity contribution in [3.63, 3.8) is 0 Å². The van der Waals surface area contributed by atoms with E-state index in [-0.39, 0.29) is 5.91 Å². The quantitative estimate of drug-likeness (QED) is 0.754. The predicted molar refractivity (Wildman–Crippen MR) is 70.7 cm³/mol. The van der Waals surface area contributed by atoms with Crippen molar-refractivity contribution in [2.75, 3.05) is 20.6 Å². The number of nitrogens with one attached hydrogen (secondary N) is 1. The minimum Gasteiger partial charge on any atom is -0.368 e. The summed E-state index contributed by atoms with van der Waals surface area (Å²) in [6.45, 7) is 5.51. The van der Waals surface area contributed by atoms with Crippen LogP contribution in [0.15, 0.2) is 0 Å². The van der Waals surface area contributed by atoms with Gasteiger partial charge in [0.25, 0.3) is 0 Å². The van der Waals surface area contributed by atoms with Crippen molar-refractivity contribution in [3.05, 3.63) is 0 Å². The second kappa shape index (κ2) is 5.83. The van der Waals surface area contributed by atoms with Crippen LogP contribution in [-0.2, 0) is 4.79 Å². The Morgan fingerprint density at radius 3 is 2.71 bits per heavy atom. The molecule has 4 heteroatoms. The fourth-order valence-corrected chi connectivity index (χ4v) is 2.92. The summed E-state index contributed by atoms with van der Waals surface area (Å²) in [6.07, 6.45) is 3.93. The van der Waals surface area contributed by atoms with Crippen LogP contribution in [0.4, 0.5) is 0 Å². The first-order valence-electron chi connectivity index (χ1n) is 6.60. The molecule has 3 N–H and O–H groups in total. The van der Waals surface area contributed by atoms with Crippen LogP contribution in [0.25, 0.3) is 0 Å². The van der Waals surface area contributed by atoms with Gasteiger partial charge in [0.2, 0.25) is 5.91 Å². The number of nitrogens with zero attached hydrogens (tertiary/aromatic N) is 1. The Bertz CT molecular complexity index is 267. The molecule has 1 aliphatic rings. The topological polar surface area (TPSA) is 58.4 Å². The Kier molecular flexibility index (Phi) is 4.95. The van der Waals surface area contributed by atoms with Gasteiger partial charge >= 0.3 is 0 Å². The van der Waals surface area contributed by atoms with Gasteiger partial charge in [0.15, 0.2) is 0 Å². The molecule has 0 saturated heterocycles. The normalized spacial score (nSPS) is 29.9. The van der Waals surface area contributed by atoms with Crippen LogP contribution in [0.3, 0.4) is 0 Å². The summed E-state index contributed by atoms with van der Waals surface area (Å²) < 4.78 is 0. The van der Waals surface area contributed by atoms with Crippen LogP contribution in [0.5, 0.6) is 0 Å². The second-order valence-electron chi connectivity index (χ2n) is 5.78. The molecule has 0 aliphatic heterocycles. The van der Waals surface area contributed by atoms with Gasteiger partial charge in [-0.2, -0.15) is 0 Å². The zero-order chi connectivity index (χ0) is 13.1. The molecule has 1 rings (SSSR count). The lowest BCUT2D eigenvalue weighted by Crippen LogP contribution is -2.59. The molecule has 2 atom stereocenters. The summed E-state index contributed by atoms with van der Waals surface area (Å²) in [5, 5.41) is 3.15. The van der Waals surface area contributed by atoms with Gasteiger partial charge in [-0.3, -0.25) is 4.79 Å². The second-order valence-corrected chi connectivity index (χ2v) is 5.78. The molecule has 1 aliphatic carbocycles. The lowest BCUT2D eigenvalue weighted by molar-refractivity contribution is -0.126. The van der Waals surface area contributed by atoms with E-state index in [2.05, 4.69) is 31.1 Å². The highest BCUT2D eigenvalue weighted by molar-refractivity contribution is 5.84. The number of rotatable bonds is 5. The van der Waals surface area contributed by atoms with Gasteiger partial charge in [-0.1, -0.05) is 13.8 Å². The highest BCUT2D eigenvalue weighted by Crippen LogP contribution is 2.30. The van der Waals surface area contributed by atoms with Crippen molar-refractivity contribution in [1.29, 1.82) is 0 Å². The third-order valence-electron chi connectivity index (χ3n) is 3.95. The zero-order valence-electron chi connectivity index (χ0n) is 11.6.